The average Bonchev–Trinajstić information content (AvgIpc) is 2.76. The SMILES string of the molecule is CC(C)C(CO)C(=O)Nc1ccc2nc[nH]c2c1. The van der Waals surface area contributed by atoms with Crippen molar-refractivity contribution in [1.29, 1.82) is 0 Å². The van der Waals surface area contributed by atoms with Crippen LogP contribution in [0.5, 0.6) is 0 Å². The van der Waals surface area contributed by atoms with Gasteiger partial charge in [0.1, 0.15) is 0 Å². The van der Waals surface area contributed by atoms with Gasteiger partial charge in [0.2, 0.25) is 5.91 Å². The van der Waals surface area contributed by atoms with Crippen LogP contribution in [0, 0.1) is 11.8 Å². The van der Waals surface area contributed by atoms with E-state index in [2.05, 4.69) is 15.3 Å². The molecule has 0 aliphatic heterocycles. The molecule has 0 saturated heterocycles. The monoisotopic (exact) mass is 247 g/mol. The first kappa shape index (κ1) is 12.6. The molecule has 0 saturated carbocycles. The van der Waals surface area contributed by atoms with Gasteiger partial charge in [0.25, 0.3) is 0 Å². The number of aromatic nitrogens is 2. The highest BCUT2D eigenvalue weighted by Crippen LogP contribution is 2.18. The zero-order chi connectivity index (χ0) is 13.1. The van der Waals surface area contributed by atoms with Crippen molar-refractivity contribution in [3.8, 4) is 0 Å². The highest BCUT2D eigenvalue weighted by Gasteiger charge is 2.21. The maximum Gasteiger partial charge on any atom is 0.230 e. The predicted octanol–water partition coefficient (Wildman–Crippen LogP) is 1.77. The van der Waals surface area contributed by atoms with Crippen molar-refractivity contribution in [3.63, 3.8) is 0 Å². The number of carbonyl (C=O) groups is 1. The average molecular weight is 247 g/mol. The van der Waals surface area contributed by atoms with Gasteiger partial charge in [0, 0.05) is 5.69 Å². The second kappa shape index (κ2) is 5.18. The molecule has 1 heterocycles. The number of imidazole rings is 1. The molecule has 2 aromatic rings. The van der Waals surface area contributed by atoms with Gasteiger partial charge in [-0.2, -0.15) is 0 Å². The molecule has 96 valence electrons. The third-order valence-electron chi connectivity index (χ3n) is 3.03. The number of hydrogen-bond donors (Lipinski definition) is 3. The van der Waals surface area contributed by atoms with E-state index in [0.717, 1.165) is 11.0 Å². The molecule has 5 nitrogen and oxygen atoms in total. The molecular weight excluding hydrogens is 230 g/mol. The number of aliphatic hydroxyl groups excluding tert-OH is 1. The first-order valence-electron chi connectivity index (χ1n) is 5.96. The Morgan fingerprint density at radius 3 is 2.94 bits per heavy atom. The lowest BCUT2D eigenvalue weighted by molar-refractivity contribution is -0.122. The number of nitrogens with one attached hydrogen (secondary N) is 2. The largest absolute Gasteiger partial charge is 0.396 e. The molecule has 0 aliphatic carbocycles. The molecule has 0 fully saturated rings. The number of H-pyrrole nitrogens is 1. The third kappa shape index (κ3) is 2.51. The molecular formula is C13H17N3O2. The first-order chi connectivity index (χ1) is 8.61. The molecule has 18 heavy (non-hydrogen) atoms. The number of fused-ring (bicyclic) bond motifs is 1. The van der Waals surface area contributed by atoms with Gasteiger partial charge in [-0.25, -0.2) is 4.98 Å². The summed E-state index contributed by atoms with van der Waals surface area (Å²) in [6.45, 7) is 3.69. The van der Waals surface area contributed by atoms with Crippen molar-refractivity contribution in [2.45, 2.75) is 13.8 Å². The van der Waals surface area contributed by atoms with Gasteiger partial charge < -0.3 is 15.4 Å². The van der Waals surface area contributed by atoms with Crippen LogP contribution in [0.25, 0.3) is 11.0 Å². The van der Waals surface area contributed by atoms with Crippen LogP contribution < -0.4 is 5.32 Å². The summed E-state index contributed by atoms with van der Waals surface area (Å²) in [6.07, 6.45) is 1.61. The molecule has 5 heteroatoms. The second-order valence-corrected chi connectivity index (χ2v) is 4.66. The quantitative estimate of drug-likeness (QED) is 0.770. The topological polar surface area (TPSA) is 78.0 Å². The number of amides is 1. The number of rotatable bonds is 4. The van der Waals surface area contributed by atoms with Crippen LogP contribution in [0.1, 0.15) is 13.8 Å². The van der Waals surface area contributed by atoms with Crippen molar-refractivity contribution in [2.24, 2.45) is 11.8 Å². The van der Waals surface area contributed by atoms with Gasteiger partial charge in [0.05, 0.1) is 29.9 Å². The zero-order valence-corrected chi connectivity index (χ0v) is 10.5. The fourth-order valence-corrected chi connectivity index (χ4v) is 1.84. The summed E-state index contributed by atoms with van der Waals surface area (Å²) in [7, 11) is 0. The number of aromatic amines is 1. The number of hydrogen-bond acceptors (Lipinski definition) is 3. The number of anilines is 1. The number of aliphatic hydroxyl groups is 1. The summed E-state index contributed by atoms with van der Waals surface area (Å²) in [5.74, 6) is -0.445. The van der Waals surface area contributed by atoms with Crippen LogP contribution >= 0.6 is 0 Å². The van der Waals surface area contributed by atoms with Gasteiger partial charge in [-0.1, -0.05) is 13.8 Å². The first-order valence-corrected chi connectivity index (χ1v) is 5.96. The summed E-state index contributed by atoms with van der Waals surface area (Å²) in [5.41, 5.74) is 2.43. The minimum Gasteiger partial charge on any atom is -0.396 e. The van der Waals surface area contributed by atoms with Crippen LogP contribution in [-0.2, 0) is 4.79 Å². The highest BCUT2D eigenvalue weighted by molar-refractivity contribution is 5.94. The summed E-state index contributed by atoms with van der Waals surface area (Å²) < 4.78 is 0. The summed E-state index contributed by atoms with van der Waals surface area (Å²) in [6, 6.07) is 5.47. The van der Waals surface area contributed by atoms with Crippen molar-refractivity contribution in [2.75, 3.05) is 11.9 Å². The molecule has 0 aliphatic rings. The van der Waals surface area contributed by atoms with Crippen molar-refractivity contribution in [3.05, 3.63) is 24.5 Å². The molecule has 0 spiro atoms. The number of benzene rings is 1. The Morgan fingerprint density at radius 2 is 2.28 bits per heavy atom. The van der Waals surface area contributed by atoms with E-state index in [0.29, 0.717) is 5.69 Å². The molecule has 1 aromatic heterocycles. The molecule has 1 atom stereocenters. The Kier molecular flexibility index (Phi) is 3.62. The predicted molar refractivity (Wildman–Crippen MR) is 70.1 cm³/mol. The van der Waals surface area contributed by atoms with Crippen LogP contribution in [0.2, 0.25) is 0 Å². The lowest BCUT2D eigenvalue weighted by Gasteiger charge is -2.17. The smallest absolute Gasteiger partial charge is 0.230 e. The minimum atomic E-state index is -0.387. The van der Waals surface area contributed by atoms with Crippen molar-refractivity contribution >= 4 is 22.6 Å². The lowest BCUT2D eigenvalue weighted by Crippen LogP contribution is -2.29. The maximum absolute atomic E-state index is 12.0. The Morgan fingerprint density at radius 1 is 1.50 bits per heavy atom. The lowest BCUT2D eigenvalue weighted by atomic mass is 9.96. The van der Waals surface area contributed by atoms with Gasteiger partial charge in [-0.05, 0) is 24.1 Å². The maximum atomic E-state index is 12.0. The standard InChI is InChI=1S/C13H17N3O2/c1-8(2)10(6-17)13(18)16-9-3-4-11-12(5-9)15-7-14-11/h3-5,7-8,10,17H,6H2,1-2H3,(H,14,15)(H,16,18). The van der Waals surface area contributed by atoms with Gasteiger partial charge in [0.15, 0.2) is 0 Å². The molecule has 0 radical (unpaired) electrons. The van der Waals surface area contributed by atoms with Crippen LogP contribution in [0.4, 0.5) is 5.69 Å². The van der Waals surface area contributed by atoms with Gasteiger partial charge in [-0.15, -0.1) is 0 Å². The third-order valence-corrected chi connectivity index (χ3v) is 3.03. The number of nitrogens with zero attached hydrogens (tertiary/aromatic N) is 1. The van der Waals surface area contributed by atoms with E-state index < -0.39 is 0 Å². The van der Waals surface area contributed by atoms with E-state index in [1.807, 2.05) is 26.0 Å². The van der Waals surface area contributed by atoms with Crippen LogP contribution in [0.3, 0.4) is 0 Å². The number of carbonyl (C=O) groups excluding carboxylic acids is 1. The Balaban J connectivity index is 2.15. The molecule has 1 amide bonds. The van der Waals surface area contributed by atoms with E-state index in [1.165, 1.54) is 0 Å². The molecule has 1 unspecified atom stereocenters. The fraction of sp³-hybridized carbons (Fsp3) is 0.385. The van der Waals surface area contributed by atoms with E-state index >= 15 is 0 Å². The minimum absolute atomic E-state index is 0.103. The van der Waals surface area contributed by atoms with Crippen molar-refractivity contribution < 1.29 is 9.90 Å². The van der Waals surface area contributed by atoms with Crippen LogP contribution in [-0.4, -0.2) is 27.6 Å². The summed E-state index contributed by atoms with van der Waals surface area (Å²) in [5, 5.41) is 12.0. The fourth-order valence-electron chi connectivity index (χ4n) is 1.84. The highest BCUT2D eigenvalue weighted by atomic mass is 16.3. The Labute approximate surface area is 105 Å². The summed E-state index contributed by atoms with van der Waals surface area (Å²) >= 11 is 0. The second-order valence-electron chi connectivity index (χ2n) is 4.66. The van der Waals surface area contributed by atoms with E-state index in [9.17, 15) is 9.90 Å². The Hall–Kier alpha value is -1.88. The molecule has 2 rings (SSSR count). The summed E-state index contributed by atoms with van der Waals surface area (Å²) in [4.78, 5) is 19.1. The van der Waals surface area contributed by atoms with E-state index in [-0.39, 0.29) is 24.3 Å². The van der Waals surface area contributed by atoms with E-state index in [1.54, 1.807) is 12.4 Å². The molecule has 0 bridgehead atoms. The Bertz CT molecular complexity index is 548. The van der Waals surface area contributed by atoms with Gasteiger partial charge in [-0.3, -0.25) is 4.79 Å². The van der Waals surface area contributed by atoms with Crippen LogP contribution in [0.15, 0.2) is 24.5 Å². The normalized spacial score (nSPS) is 12.9. The van der Waals surface area contributed by atoms with Gasteiger partial charge >= 0.3 is 0 Å². The van der Waals surface area contributed by atoms with Crippen molar-refractivity contribution in [1.82, 2.24) is 9.97 Å². The molecule has 3 N–H and O–H groups in total. The van der Waals surface area contributed by atoms with E-state index in [4.69, 9.17) is 0 Å². The molecule has 1 aromatic carbocycles. The zero-order valence-electron chi connectivity index (χ0n) is 10.5.